The van der Waals surface area contributed by atoms with E-state index in [1.165, 1.54) is 17.2 Å². The lowest BCUT2D eigenvalue weighted by Crippen LogP contribution is -2.46. The number of rotatable bonds is 1. The van der Waals surface area contributed by atoms with Gasteiger partial charge in [0.25, 0.3) is 5.91 Å². The Labute approximate surface area is 104 Å². The minimum atomic E-state index is -0.618. The van der Waals surface area contributed by atoms with E-state index in [2.05, 4.69) is 4.98 Å². The first kappa shape index (κ1) is 12.3. The Bertz CT molecular complexity index is 558. The van der Waals surface area contributed by atoms with Gasteiger partial charge in [0, 0.05) is 24.5 Å². The minimum absolute atomic E-state index is 0.0965. The average molecular weight is 247 g/mol. The number of carbonyl (C=O) groups is 1. The van der Waals surface area contributed by atoms with Crippen molar-refractivity contribution in [1.29, 1.82) is 5.26 Å². The monoisotopic (exact) mass is 247 g/mol. The molecule has 0 radical (unpaired) electrons. The second kappa shape index (κ2) is 5.02. The number of hydrogen-bond donors (Lipinski definition) is 1. The van der Waals surface area contributed by atoms with Gasteiger partial charge in [0.2, 0.25) is 0 Å². The van der Waals surface area contributed by atoms with Crippen molar-refractivity contribution in [2.45, 2.75) is 13.0 Å². The number of H-pyrrole nitrogens is 1. The van der Waals surface area contributed by atoms with Crippen molar-refractivity contribution in [3.05, 3.63) is 33.7 Å². The van der Waals surface area contributed by atoms with Crippen LogP contribution in [0.1, 0.15) is 16.1 Å². The molecule has 1 aliphatic rings. The highest BCUT2D eigenvalue weighted by Crippen LogP contribution is 2.08. The third-order valence-electron chi connectivity index (χ3n) is 2.79. The number of ether oxygens (including phenoxy) is 1. The fourth-order valence-corrected chi connectivity index (χ4v) is 1.82. The second-order valence-electron chi connectivity index (χ2n) is 4.13. The Morgan fingerprint density at radius 3 is 3.11 bits per heavy atom. The summed E-state index contributed by atoms with van der Waals surface area (Å²) in [5.41, 5.74) is 0.490. The maximum atomic E-state index is 12.1. The summed E-state index contributed by atoms with van der Waals surface area (Å²) in [6.45, 7) is 2.65. The van der Waals surface area contributed by atoms with Crippen molar-refractivity contribution < 1.29 is 9.53 Å². The molecule has 6 nitrogen and oxygen atoms in total. The molecule has 1 unspecified atom stereocenters. The highest BCUT2D eigenvalue weighted by Gasteiger charge is 2.26. The van der Waals surface area contributed by atoms with Gasteiger partial charge >= 0.3 is 0 Å². The van der Waals surface area contributed by atoms with Gasteiger partial charge in [0.15, 0.2) is 11.5 Å². The Morgan fingerprint density at radius 1 is 1.67 bits per heavy atom. The normalized spacial score (nSPS) is 19.3. The van der Waals surface area contributed by atoms with Crippen molar-refractivity contribution >= 4 is 5.91 Å². The highest BCUT2D eigenvalue weighted by atomic mass is 16.5. The average Bonchev–Trinajstić information content (AvgIpc) is 2.38. The van der Waals surface area contributed by atoms with E-state index in [1.54, 1.807) is 6.92 Å². The van der Waals surface area contributed by atoms with Crippen molar-refractivity contribution in [2.24, 2.45) is 0 Å². The fourth-order valence-electron chi connectivity index (χ4n) is 1.82. The molecule has 0 aromatic carbocycles. The smallest absolute Gasteiger partial charge is 0.259 e. The van der Waals surface area contributed by atoms with Crippen LogP contribution in [0, 0.1) is 18.3 Å². The maximum Gasteiger partial charge on any atom is 0.259 e. The number of nitriles is 1. The zero-order valence-corrected chi connectivity index (χ0v) is 9.97. The van der Waals surface area contributed by atoms with Crippen molar-refractivity contribution in [3.8, 4) is 6.07 Å². The zero-order valence-electron chi connectivity index (χ0n) is 9.97. The largest absolute Gasteiger partial charge is 0.364 e. The second-order valence-corrected chi connectivity index (χ2v) is 4.13. The molecule has 1 amide bonds. The van der Waals surface area contributed by atoms with E-state index >= 15 is 0 Å². The summed E-state index contributed by atoms with van der Waals surface area (Å²) >= 11 is 0. The lowest BCUT2D eigenvalue weighted by Gasteiger charge is -2.29. The standard InChI is InChI=1S/C12H13N3O3/c1-8-4-11(16)10(6-14-8)12(17)15-2-3-18-9(5-13)7-15/h4,6,9H,2-3,7H2,1H3,(H,14,16). The zero-order chi connectivity index (χ0) is 13.1. The van der Waals surface area contributed by atoms with Gasteiger partial charge in [-0.1, -0.05) is 0 Å². The van der Waals surface area contributed by atoms with E-state index in [4.69, 9.17) is 10.00 Å². The van der Waals surface area contributed by atoms with E-state index in [1.807, 2.05) is 6.07 Å². The van der Waals surface area contributed by atoms with Gasteiger partial charge in [0.1, 0.15) is 5.56 Å². The van der Waals surface area contributed by atoms with Gasteiger partial charge in [-0.2, -0.15) is 5.26 Å². The molecule has 1 atom stereocenters. The molecule has 6 heteroatoms. The summed E-state index contributed by atoms with van der Waals surface area (Å²) in [7, 11) is 0. The fraction of sp³-hybridized carbons (Fsp3) is 0.417. The molecular formula is C12H13N3O3. The molecule has 1 N–H and O–H groups in total. The predicted octanol–water partition coefficient (Wildman–Crippen LogP) is 0.0479. The van der Waals surface area contributed by atoms with Crippen LogP contribution in [0.4, 0.5) is 0 Å². The molecule has 0 spiro atoms. The van der Waals surface area contributed by atoms with Crippen molar-refractivity contribution in [3.63, 3.8) is 0 Å². The Balaban J connectivity index is 2.21. The van der Waals surface area contributed by atoms with Gasteiger partial charge in [-0.15, -0.1) is 0 Å². The van der Waals surface area contributed by atoms with E-state index in [0.717, 1.165) is 0 Å². The van der Waals surface area contributed by atoms with Crippen LogP contribution in [0.25, 0.3) is 0 Å². The van der Waals surface area contributed by atoms with Crippen molar-refractivity contribution in [2.75, 3.05) is 19.7 Å². The number of pyridine rings is 1. The summed E-state index contributed by atoms with van der Waals surface area (Å²) in [5, 5.41) is 8.77. The molecule has 1 aromatic rings. The van der Waals surface area contributed by atoms with Gasteiger partial charge < -0.3 is 14.6 Å². The molecule has 94 valence electrons. The van der Waals surface area contributed by atoms with Crippen LogP contribution in [-0.2, 0) is 4.74 Å². The molecule has 1 fully saturated rings. The molecule has 0 aliphatic carbocycles. The van der Waals surface area contributed by atoms with Gasteiger partial charge in [-0.25, -0.2) is 0 Å². The molecule has 1 saturated heterocycles. The van der Waals surface area contributed by atoms with E-state index in [0.29, 0.717) is 18.8 Å². The minimum Gasteiger partial charge on any atom is -0.364 e. The van der Waals surface area contributed by atoms with Crippen LogP contribution in [-0.4, -0.2) is 41.6 Å². The SMILES string of the molecule is Cc1cc(=O)c(C(=O)N2CCOC(C#N)C2)c[nH]1. The summed E-state index contributed by atoms with van der Waals surface area (Å²) in [6, 6.07) is 3.35. The lowest BCUT2D eigenvalue weighted by molar-refractivity contribution is 0.00339. The van der Waals surface area contributed by atoms with Crippen LogP contribution >= 0.6 is 0 Å². The van der Waals surface area contributed by atoms with Crippen LogP contribution in [0.2, 0.25) is 0 Å². The molecule has 1 aromatic heterocycles. The number of nitrogens with zero attached hydrogens (tertiary/aromatic N) is 2. The molecule has 1 aliphatic heterocycles. The number of aryl methyl sites for hydroxylation is 1. The first-order valence-electron chi connectivity index (χ1n) is 5.61. The van der Waals surface area contributed by atoms with E-state index in [9.17, 15) is 9.59 Å². The van der Waals surface area contributed by atoms with Crippen LogP contribution in [0.3, 0.4) is 0 Å². The van der Waals surface area contributed by atoms with Crippen molar-refractivity contribution in [1.82, 2.24) is 9.88 Å². The maximum absolute atomic E-state index is 12.1. The highest BCUT2D eigenvalue weighted by molar-refractivity contribution is 5.93. The Morgan fingerprint density at radius 2 is 2.44 bits per heavy atom. The van der Waals surface area contributed by atoms with Gasteiger partial charge in [0.05, 0.1) is 19.2 Å². The Hall–Kier alpha value is -2.13. The van der Waals surface area contributed by atoms with Gasteiger partial charge in [-0.3, -0.25) is 9.59 Å². The number of aromatic nitrogens is 1. The quantitative estimate of drug-likeness (QED) is 0.759. The van der Waals surface area contributed by atoms with E-state index < -0.39 is 6.10 Å². The molecule has 2 heterocycles. The summed E-state index contributed by atoms with van der Waals surface area (Å²) in [4.78, 5) is 28.2. The van der Waals surface area contributed by atoms with Crippen LogP contribution in [0.5, 0.6) is 0 Å². The molecule has 18 heavy (non-hydrogen) atoms. The number of aromatic amines is 1. The van der Waals surface area contributed by atoms with Gasteiger partial charge in [-0.05, 0) is 6.92 Å². The number of morpholine rings is 1. The topological polar surface area (TPSA) is 86.2 Å². The predicted molar refractivity (Wildman–Crippen MR) is 63.1 cm³/mol. The molecule has 0 bridgehead atoms. The number of carbonyl (C=O) groups excluding carboxylic acids is 1. The van der Waals surface area contributed by atoms with E-state index in [-0.39, 0.29) is 23.4 Å². The van der Waals surface area contributed by atoms with Crippen LogP contribution in [0.15, 0.2) is 17.1 Å². The third kappa shape index (κ3) is 2.41. The first-order chi connectivity index (χ1) is 8.61. The summed E-state index contributed by atoms with van der Waals surface area (Å²) in [5.74, 6) is -0.361. The number of hydrogen-bond acceptors (Lipinski definition) is 4. The summed E-state index contributed by atoms with van der Waals surface area (Å²) < 4.78 is 5.15. The molecule has 0 saturated carbocycles. The molecule has 2 rings (SSSR count). The van der Waals surface area contributed by atoms with Crippen LogP contribution < -0.4 is 5.43 Å². The molecular weight excluding hydrogens is 234 g/mol. The first-order valence-corrected chi connectivity index (χ1v) is 5.61. The lowest BCUT2D eigenvalue weighted by atomic mass is 10.2. The number of amides is 1. The summed E-state index contributed by atoms with van der Waals surface area (Å²) in [6.07, 6.45) is 0.795. The number of nitrogens with one attached hydrogen (secondary N) is 1. The third-order valence-corrected chi connectivity index (χ3v) is 2.79. The Kier molecular flexibility index (Phi) is 3.44.